The third-order valence-corrected chi connectivity index (χ3v) is 7.18. The molecule has 0 N–H and O–H groups in total. The quantitative estimate of drug-likeness (QED) is 0.290. The second kappa shape index (κ2) is 11.3. The van der Waals surface area contributed by atoms with Crippen molar-refractivity contribution in [3.63, 3.8) is 0 Å². The molecule has 1 fully saturated rings. The zero-order valence-electron chi connectivity index (χ0n) is 20.3. The molecule has 1 saturated carbocycles. The Morgan fingerprint density at radius 1 is 0.886 bits per heavy atom. The average Bonchev–Trinajstić information content (AvgIpc) is 2.85. The van der Waals surface area contributed by atoms with Gasteiger partial charge in [0, 0.05) is 0 Å². The average molecular weight is 485 g/mol. The molecule has 0 bridgehead atoms. The van der Waals surface area contributed by atoms with Gasteiger partial charge in [-0.15, -0.1) is 0 Å². The summed E-state index contributed by atoms with van der Waals surface area (Å²) in [4.78, 5) is 0. The standard InChI is InChI=1S/C30H32F4O/c1-3-35-27-17-16-25(28(29(27)32)30(33)34)24-15-14-23(26(31)18-24)13-8-20-6-11-22(12-7-20)21-9-4-19(2)5-10-21/h6-7,11-12,14-19,21,30H,3-5,8-10,13H2,1-2H3. The van der Waals surface area contributed by atoms with Gasteiger partial charge in [0.2, 0.25) is 0 Å². The number of alkyl halides is 2. The van der Waals surface area contributed by atoms with Crippen molar-refractivity contribution in [2.24, 2.45) is 5.92 Å². The number of rotatable bonds is 8. The Bertz CT molecular complexity index is 1130. The number of halogens is 4. The van der Waals surface area contributed by atoms with Gasteiger partial charge < -0.3 is 4.74 Å². The van der Waals surface area contributed by atoms with E-state index in [1.165, 1.54) is 49.4 Å². The van der Waals surface area contributed by atoms with Gasteiger partial charge in [0.25, 0.3) is 6.43 Å². The molecule has 5 heteroatoms. The van der Waals surface area contributed by atoms with Gasteiger partial charge in [0.05, 0.1) is 12.2 Å². The number of hydrogen-bond donors (Lipinski definition) is 0. The highest BCUT2D eigenvalue weighted by Crippen LogP contribution is 2.38. The lowest BCUT2D eigenvalue weighted by atomic mass is 9.79. The van der Waals surface area contributed by atoms with E-state index in [9.17, 15) is 17.6 Å². The Kier molecular flexibility index (Phi) is 8.15. The summed E-state index contributed by atoms with van der Waals surface area (Å²) in [6.07, 6.45) is 3.17. The molecule has 4 rings (SSSR count). The largest absolute Gasteiger partial charge is 0.491 e. The Hall–Kier alpha value is -2.82. The molecule has 0 amide bonds. The normalized spacial score (nSPS) is 18.1. The summed E-state index contributed by atoms with van der Waals surface area (Å²) in [5, 5.41) is 0. The lowest BCUT2D eigenvalue weighted by Gasteiger charge is -2.26. The van der Waals surface area contributed by atoms with Gasteiger partial charge in [-0.2, -0.15) is 0 Å². The summed E-state index contributed by atoms with van der Waals surface area (Å²) in [7, 11) is 0. The van der Waals surface area contributed by atoms with Crippen LogP contribution in [0.3, 0.4) is 0 Å². The molecule has 1 aliphatic rings. The van der Waals surface area contributed by atoms with E-state index < -0.39 is 23.6 Å². The monoisotopic (exact) mass is 484 g/mol. The molecule has 0 radical (unpaired) electrons. The second-order valence-corrected chi connectivity index (χ2v) is 9.58. The van der Waals surface area contributed by atoms with Crippen LogP contribution in [-0.2, 0) is 12.8 Å². The molecule has 0 aromatic heterocycles. The first kappa shape index (κ1) is 25.3. The number of benzene rings is 3. The highest BCUT2D eigenvalue weighted by atomic mass is 19.3. The number of ether oxygens (including phenoxy) is 1. The second-order valence-electron chi connectivity index (χ2n) is 9.58. The predicted octanol–water partition coefficient (Wildman–Crippen LogP) is 9.05. The highest BCUT2D eigenvalue weighted by Gasteiger charge is 2.24. The molecule has 35 heavy (non-hydrogen) atoms. The van der Waals surface area contributed by atoms with Gasteiger partial charge in [-0.3, -0.25) is 0 Å². The van der Waals surface area contributed by atoms with Crippen molar-refractivity contribution in [2.45, 2.75) is 64.7 Å². The third kappa shape index (κ3) is 5.88. The Labute approximate surface area is 205 Å². The first-order valence-corrected chi connectivity index (χ1v) is 12.5. The maximum Gasteiger partial charge on any atom is 0.267 e. The topological polar surface area (TPSA) is 9.23 Å². The first-order valence-electron chi connectivity index (χ1n) is 12.5. The van der Waals surface area contributed by atoms with Crippen LogP contribution in [0.5, 0.6) is 5.75 Å². The van der Waals surface area contributed by atoms with Crippen LogP contribution in [0.15, 0.2) is 54.6 Å². The van der Waals surface area contributed by atoms with Crippen molar-refractivity contribution in [1.82, 2.24) is 0 Å². The maximum atomic E-state index is 14.9. The van der Waals surface area contributed by atoms with Gasteiger partial charge in [0.1, 0.15) is 5.82 Å². The Morgan fingerprint density at radius 2 is 1.60 bits per heavy atom. The lowest BCUT2D eigenvalue weighted by Crippen LogP contribution is -2.10. The van der Waals surface area contributed by atoms with Crippen molar-refractivity contribution in [1.29, 1.82) is 0 Å². The van der Waals surface area contributed by atoms with Crippen molar-refractivity contribution in [2.75, 3.05) is 6.61 Å². The molecule has 1 aliphatic carbocycles. The van der Waals surface area contributed by atoms with Crippen molar-refractivity contribution in [3.8, 4) is 16.9 Å². The van der Waals surface area contributed by atoms with E-state index in [0.29, 0.717) is 24.3 Å². The van der Waals surface area contributed by atoms with Gasteiger partial charge >= 0.3 is 0 Å². The van der Waals surface area contributed by atoms with E-state index in [0.717, 1.165) is 11.5 Å². The zero-order chi connectivity index (χ0) is 24.9. The predicted molar refractivity (Wildman–Crippen MR) is 132 cm³/mol. The molecule has 3 aromatic carbocycles. The lowest BCUT2D eigenvalue weighted by molar-refractivity contribution is 0.145. The molecular weight excluding hydrogens is 452 g/mol. The highest BCUT2D eigenvalue weighted by molar-refractivity contribution is 5.69. The van der Waals surface area contributed by atoms with Crippen LogP contribution in [0.25, 0.3) is 11.1 Å². The third-order valence-electron chi connectivity index (χ3n) is 7.18. The van der Waals surface area contributed by atoms with Gasteiger partial charge in [-0.25, -0.2) is 17.6 Å². The summed E-state index contributed by atoms with van der Waals surface area (Å²) < 4.78 is 61.9. The van der Waals surface area contributed by atoms with E-state index in [-0.39, 0.29) is 23.5 Å². The van der Waals surface area contributed by atoms with Crippen LogP contribution >= 0.6 is 0 Å². The molecule has 0 atom stereocenters. The molecule has 0 saturated heterocycles. The van der Waals surface area contributed by atoms with E-state index in [4.69, 9.17) is 4.74 Å². The fraction of sp³-hybridized carbons (Fsp3) is 0.400. The summed E-state index contributed by atoms with van der Waals surface area (Å²) in [6.45, 7) is 4.12. The van der Waals surface area contributed by atoms with E-state index in [2.05, 4.69) is 31.2 Å². The smallest absolute Gasteiger partial charge is 0.267 e. The number of aryl methyl sites for hydroxylation is 2. The fourth-order valence-corrected chi connectivity index (χ4v) is 5.05. The van der Waals surface area contributed by atoms with E-state index in [1.807, 2.05) is 0 Å². The molecule has 0 spiro atoms. The van der Waals surface area contributed by atoms with Crippen molar-refractivity contribution < 1.29 is 22.3 Å². The zero-order valence-corrected chi connectivity index (χ0v) is 20.3. The molecule has 186 valence electrons. The summed E-state index contributed by atoms with van der Waals surface area (Å²) >= 11 is 0. The van der Waals surface area contributed by atoms with Crippen LogP contribution in [0.4, 0.5) is 17.6 Å². The SMILES string of the molecule is CCOc1ccc(-c2ccc(CCc3ccc(C4CCC(C)CC4)cc3)c(F)c2)c(C(F)F)c1F. The van der Waals surface area contributed by atoms with Crippen molar-refractivity contribution in [3.05, 3.63) is 88.5 Å². The molecule has 1 nitrogen and oxygen atoms in total. The summed E-state index contributed by atoms with van der Waals surface area (Å²) in [5.74, 6) is -0.356. The summed E-state index contributed by atoms with van der Waals surface area (Å²) in [5.41, 5.74) is 2.44. The van der Waals surface area contributed by atoms with E-state index >= 15 is 0 Å². The Morgan fingerprint density at radius 3 is 2.23 bits per heavy atom. The molecular formula is C30H32F4O. The maximum absolute atomic E-state index is 14.9. The van der Waals surface area contributed by atoms with Crippen LogP contribution in [0.1, 0.15) is 74.1 Å². The minimum Gasteiger partial charge on any atom is -0.491 e. The van der Waals surface area contributed by atoms with Crippen LogP contribution in [0.2, 0.25) is 0 Å². The van der Waals surface area contributed by atoms with E-state index in [1.54, 1.807) is 19.1 Å². The minimum atomic E-state index is -3.05. The molecule has 0 heterocycles. The van der Waals surface area contributed by atoms with Crippen LogP contribution in [-0.4, -0.2) is 6.61 Å². The molecule has 3 aromatic rings. The minimum absolute atomic E-state index is 0.0286. The van der Waals surface area contributed by atoms with Crippen molar-refractivity contribution >= 4 is 0 Å². The Balaban J connectivity index is 1.46. The van der Waals surface area contributed by atoms with Gasteiger partial charge in [-0.1, -0.05) is 56.2 Å². The van der Waals surface area contributed by atoms with Gasteiger partial charge in [-0.05, 0) is 90.5 Å². The molecule has 0 unspecified atom stereocenters. The summed E-state index contributed by atoms with van der Waals surface area (Å²) in [6, 6.07) is 15.7. The van der Waals surface area contributed by atoms with Gasteiger partial charge in [0.15, 0.2) is 11.6 Å². The number of hydrogen-bond acceptors (Lipinski definition) is 1. The first-order chi connectivity index (χ1) is 16.9. The molecule has 0 aliphatic heterocycles. The van der Waals surface area contributed by atoms with Crippen LogP contribution < -0.4 is 4.74 Å². The van der Waals surface area contributed by atoms with Crippen LogP contribution in [0, 0.1) is 17.6 Å². The fourth-order valence-electron chi connectivity index (χ4n) is 5.05.